The van der Waals surface area contributed by atoms with Gasteiger partial charge in [-0.15, -0.1) is 23.5 Å². The molecule has 1 nitrogen and oxygen atoms in total. The highest BCUT2D eigenvalue weighted by Crippen LogP contribution is 2.58. The van der Waals surface area contributed by atoms with Gasteiger partial charge in [0.1, 0.15) is 5.78 Å². The van der Waals surface area contributed by atoms with Gasteiger partial charge in [-0.2, -0.15) is 0 Å². The molecule has 2 aliphatic heterocycles. The first-order valence-corrected chi connectivity index (χ1v) is 10.2. The Kier molecular flexibility index (Phi) is 3.02. The van der Waals surface area contributed by atoms with E-state index in [1.165, 1.54) is 37.7 Å². The first-order valence-electron chi connectivity index (χ1n) is 8.23. The van der Waals surface area contributed by atoms with Crippen LogP contribution < -0.4 is 0 Å². The van der Waals surface area contributed by atoms with Crippen LogP contribution in [0.4, 0.5) is 0 Å². The number of carbonyl (C=O) groups is 1. The van der Waals surface area contributed by atoms with Crippen molar-refractivity contribution in [2.75, 3.05) is 5.75 Å². The third-order valence-corrected chi connectivity index (χ3v) is 8.21. The summed E-state index contributed by atoms with van der Waals surface area (Å²) in [5.74, 6) is 2.52. The van der Waals surface area contributed by atoms with E-state index in [1.54, 1.807) is 0 Å². The molecule has 3 heteroatoms. The molecule has 0 spiro atoms. The summed E-state index contributed by atoms with van der Waals surface area (Å²) >= 11 is 3.97. The Morgan fingerprint density at radius 2 is 1.87 bits per heavy atom. The van der Waals surface area contributed by atoms with Crippen LogP contribution >= 0.6 is 23.5 Å². The van der Waals surface area contributed by atoms with Crippen molar-refractivity contribution < 1.29 is 4.79 Å². The molecule has 4 aliphatic rings. The molecule has 0 fully saturated rings. The van der Waals surface area contributed by atoms with Gasteiger partial charge in [-0.05, 0) is 47.6 Å². The Bertz CT molecular complexity index is 843. The van der Waals surface area contributed by atoms with Crippen LogP contribution in [0.5, 0.6) is 0 Å². The maximum Gasteiger partial charge on any atom is 0.146 e. The topological polar surface area (TPSA) is 17.1 Å². The predicted molar refractivity (Wildman–Crippen MR) is 99.2 cm³/mol. The van der Waals surface area contributed by atoms with E-state index in [0.717, 1.165) is 24.3 Å². The first kappa shape index (κ1) is 14.2. The van der Waals surface area contributed by atoms with Crippen molar-refractivity contribution in [1.82, 2.24) is 0 Å². The number of rotatable bonds is 0. The van der Waals surface area contributed by atoms with Gasteiger partial charge in [-0.1, -0.05) is 30.3 Å². The Hall–Kier alpha value is -1.19. The van der Waals surface area contributed by atoms with Gasteiger partial charge in [-0.25, -0.2) is 0 Å². The Balaban J connectivity index is 1.67. The SMILES string of the molecule is C[C@]12CCC3=C(CSC4=C3SCc3ccccc34)C1=CCC2=O. The number of benzene rings is 1. The zero-order chi connectivity index (χ0) is 15.6. The minimum atomic E-state index is -0.200. The molecule has 2 heterocycles. The normalized spacial score (nSPS) is 28.9. The van der Waals surface area contributed by atoms with E-state index >= 15 is 0 Å². The van der Waals surface area contributed by atoms with Crippen LogP contribution in [0.1, 0.15) is 37.3 Å². The van der Waals surface area contributed by atoms with Crippen LogP contribution in [0, 0.1) is 5.41 Å². The van der Waals surface area contributed by atoms with Crippen molar-refractivity contribution >= 4 is 34.2 Å². The molecular formula is C20H18OS2. The molecule has 2 aliphatic carbocycles. The minimum absolute atomic E-state index is 0.200. The van der Waals surface area contributed by atoms with E-state index in [-0.39, 0.29) is 5.41 Å². The van der Waals surface area contributed by atoms with Crippen LogP contribution in [0.25, 0.3) is 4.91 Å². The van der Waals surface area contributed by atoms with Gasteiger partial charge in [0, 0.05) is 27.7 Å². The zero-order valence-corrected chi connectivity index (χ0v) is 14.8. The molecule has 1 aromatic carbocycles. The fraction of sp³-hybridized carbons (Fsp3) is 0.350. The summed E-state index contributed by atoms with van der Waals surface area (Å²) in [6.45, 7) is 2.16. The number of allylic oxidation sites excluding steroid dienone is 3. The fourth-order valence-electron chi connectivity index (χ4n) is 4.35. The number of thioether (sulfide) groups is 2. The van der Waals surface area contributed by atoms with Gasteiger partial charge in [0.15, 0.2) is 0 Å². The van der Waals surface area contributed by atoms with E-state index in [1.807, 2.05) is 23.5 Å². The molecule has 1 aromatic rings. The van der Waals surface area contributed by atoms with Crippen LogP contribution in [0.2, 0.25) is 0 Å². The maximum absolute atomic E-state index is 12.4. The molecule has 116 valence electrons. The van der Waals surface area contributed by atoms with E-state index in [0.29, 0.717) is 12.2 Å². The summed E-state index contributed by atoms with van der Waals surface area (Å²) in [6, 6.07) is 8.82. The second kappa shape index (κ2) is 4.90. The summed E-state index contributed by atoms with van der Waals surface area (Å²) in [5, 5.41) is 0. The second-order valence-corrected chi connectivity index (χ2v) is 8.90. The lowest BCUT2D eigenvalue weighted by molar-refractivity contribution is -0.124. The van der Waals surface area contributed by atoms with Gasteiger partial charge in [0.2, 0.25) is 0 Å². The second-order valence-electron chi connectivity index (χ2n) is 6.93. The monoisotopic (exact) mass is 338 g/mol. The number of fused-ring (bicyclic) bond motifs is 5. The Morgan fingerprint density at radius 1 is 1.04 bits per heavy atom. The molecule has 1 atom stereocenters. The zero-order valence-electron chi connectivity index (χ0n) is 13.1. The van der Waals surface area contributed by atoms with Crippen molar-refractivity contribution in [2.45, 2.75) is 31.9 Å². The van der Waals surface area contributed by atoms with Crippen LogP contribution in [0.15, 0.2) is 52.0 Å². The third kappa shape index (κ3) is 1.87. The molecule has 0 bridgehead atoms. The number of hydrogen-bond acceptors (Lipinski definition) is 3. The van der Waals surface area contributed by atoms with Gasteiger partial charge in [-0.3, -0.25) is 4.79 Å². The molecule has 0 amide bonds. The number of carbonyl (C=O) groups excluding carboxylic acids is 1. The Morgan fingerprint density at radius 3 is 2.78 bits per heavy atom. The number of Topliss-reactive ketones (excluding diaryl/α,β-unsaturated/α-hetero) is 1. The van der Waals surface area contributed by atoms with E-state index in [9.17, 15) is 4.79 Å². The predicted octanol–water partition coefficient (Wildman–Crippen LogP) is 5.34. The van der Waals surface area contributed by atoms with Gasteiger partial charge < -0.3 is 0 Å². The smallest absolute Gasteiger partial charge is 0.146 e. The lowest BCUT2D eigenvalue weighted by Crippen LogP contribution is -2.31. The van der Waals surface area contributed by atoms with Crippen LogP contribution in [-0.4, -0.2) is 11.5 Å². The molecule has 0 saturated heterocycles. The molecule has 0 radical (unpaired) electrons. The average Bonchev–Trinajstić information content (AvgIpc) is 2.89. The molecule has 0 saturated carbocycles. The molecule has 23 heavy (non-hydrogen) atoms. The van der Waals surface area contributed by atoms with Crippen LogP contribution in [-0.2, 0) is 10.5 Å². The molecular weight excluding hydrogens is 320 g/mol. The van der Waals surface area contributed by atoms with Gasteiger partial charge >= 0.3 is 0 Å². The third-order valence-electron chi connectivity index (χ3n) is 5.74. The largest absolute Gasteiger partial charge is 0.298 e. The van der Waals surface area contributed by atoms with E-state index in [2.05, 4.69) is 37.3 Å². The highest BCUT2D eigenvalue weighted by Gasteiger charge is 2.46. The number of hydrogen-bond donors (Lipinski definition) is 0. The van der Waals surface area contributed by atoms with E-state index < -0.39 is 0 Å². The molecule has 5 rings (SSSR count). The van der Waals surface area contributed by atoms with Gasteiger partial charge in [0.25, 0.3) is 0 Å². The van der Waals surface area contributed by atoms with Crippen molar-refractivity contribution in [1.29, 1.82) is 0 Å². The summed E-state index contributed by atoms with van der Waals surface area (Å²) in [5.41, 5.74) is 7.06. The highest BCUT2D eigenvalue weighted by atomic mass is 32.2. The highest BCUT2D eigenvalue weighted by molar-refractivity contribution is 8.11. The lowest BCUT2D eigenvalue weighted by atomic mass is 9.69. The summed E-state index contributed by atoms with van der Waals surface area (Å²) in [4.78, 5) is 15.3. The average molecular weight is 338 g/mol. The minimum Gasteiger partial charge on any atom is -0.298 e. The van der Waals surface area contributed by atoms with Crippen molar-refractivity contribution in [2.24, 2.45) is 5.41 Å². The standard InChI is InChI=1S/C20H18OS2/c1-20-9-8-14-15(16(20)6-7-17(20)21)11-23-18-13-5-3-2-4-12(13)10-22-19(14)18/h2-6H,7-11H2,1H3/t20-/m0/s1. The lowest BCUT2D eigenvalue weighted by Gasteiger charge is -2.39. The first-order chi connectivity index (χ1) is 11.2. The summed E-state index contributed by atoms with van der Waals surface area (Å²) in [6.07, 6.45) is 4.89. The quantitative estimate of drug-likeness (QED) is 0.635. The maximum atomic E-state index is 12.4. The number of ketones is 1. The fourth-order valence-corrected chi connectivity index (χ4v) is 7.12. The summed E-state index contributed by atoms with van der Waals surface area (Å²) < 4.78 is 0. The van der Waals surface area contributed by atoms with Crippen molar-refractivity contribution in [3.63, 3.8) is 0 Å². The van der Waals surface area contributed by atoms with Crippen molar-refractivity contribution in [3.8, 4) is 0 Å². The molecule has 0 N–H and O–H groups in total. The van der Waals surface area contributed by atoms with E-state index in [4.69, 9.17) is 0 Å². The molecule has 0 aromatic heterocycles. The van der Waals surface area contributed by atoms with Crippen molar-refractivity contribution in [3.05, 3.63) is 63.1 Å². The summed E-state index contributed by atoms with van der Waals surface area (Å²) in [7, 11) is 0. The molecule has 0 unspecified atom stereocenters. The van der Waals surface area contributed by atoms with Gasteiger partial charge in [0.05, 0.1) is 5.41 Å². The van der Waals surface area contributed by atoms with Crippen LogP contribution in [0.3, 0.4) is 0 Å². The Labute approximate surface area is 145 Å².